The van der Waals surface area contributed by atoms with E-state index in [1.807, 2.05) is 24.1 Å². The Morgan fingerprint density at radius 3 is 2.69 bits per heavy atom. The first-order valence-corrected chi connectivity index (χ1v) is 11.1. The summed E-state index contributed by atoms with van der Waals surface area (Å²) in [5, 5.41) is 0. The van der Waals surface area contributed by atoms with E-state index in [2.05, 4.69) is 31.4 Å². The van der Waals surface area contributed by atoms with E-state index in [0.29, 0.717) is 11.5 Å². The zero-order chi connectivity index (χ0) is 23.5. The van der Waals surface area contributed by atoms with Crippen molar-refractivity contribution in [2.45, 2.75) is 57.5 Å². The molecule has 0 radical (unpaired) electrons. The maximum Gasteiger partial charge on any atom is 0.240 e. The van der Waals surface area contributed by atoms with Gasteiger partial charge in [-0.1, -0.05) is 18.7 Å². The molecule has 0 saturated heterocycles. The van der Waals surface area contributed by atoms with Gasteiger partial charge in [-0.25, -0.2) is 8.78 Å². The number of allylic oxidation sites excluding steroid dienone is 4. The number of nitrogens with two attached hydrogens (primary N) is 1. The van der Waals surface area contributed by atoms with E-state index in [1.54, 1.807) is 6.92 Å². The van der Waals surface area contributed by atoms with Crippen LogP contribution in [0.3, 0.4) is 0 Å². The van der Waals surface area contributed by atoms with E-state index in [-0.39, 0.29) is 23.1 Å². The van der Waals surface area contributed by atoms with Gasteiger partial charge in [0.25, 0.3) is 0 Å². The molecular formula is C27H32F2N2O. The third kappa shape index (κ3) is 5.17. The van der Waals surface area contributed by atoms with Gasteiger partial charge in [0.05, 0.1) is 11.6 Å². The fourth-order valence-electron chi connectivity index (χ4n) is 4.32. The van der Waals surface area contributed by atoms with E-state index in [1.165, 1.54) is 11.1 Å². The first-order valence-electron chi connectivity index (χ1n) is 11.1. The van der Waals surface area contributed by atoms with Crippen molar-refractivity contribution >= 4 is 11.5 Å². The molecule has 170 valence electrons. The van der Waals surface area contributed by atoms with Crippen LogP contribution in [-0.2, 0) is 4.79 Å². The Bertz CT molecular complexity index is 1030. The Labute approximate surface area is 189 Å². The molecule has 1 fully saturated rings. The smallest absolute Gasteiger partial charge is 0.240 e. The number of carbonyl (C=O) groups is 1. The number of benzene rings is 1. The molecule has 2 atom stereocenters. The quantitative estimate of drug-likeness (QED) is 0.613. The monoisotopic (exact) mass is 438 g/mol. The Kier molecular flexibility index (Phi) is 7.33. The van der Waals surface area contributed by atoms with Crippen LogP contribution in [0.1, 0.15) is 51.5 Å². The zero-order valence-electron chi connectivity index (χ0n) is 19.1. The molecule has 1 aromatic carbocycles. The summed E-state index contributed by atoms with van der Waals surface area (Å²) in [5.74, 6) is -0.390. The highest BCUT2D eigenvalue weighted by atomic mass is 19.1. The average molecular weight is 439 g/mol. The summed E-state index contributed by atoms with van der Waals surface area (Å²) >= 11 is 0. The lowest BCUT2D eigenvalue weighted by atomic mass is 9.76. The summed E-state index contributed by atoms with van der Waals surface area (Å²) in [4.78, 5) is 14.6. The van der Waals surface area contributed by atoms with Crippen molar-refractivity contribution in [3.8, 4) is 0 Å². The Morgan fingerprint density at radius 1 is 1.34 bits per heavy atom. The summed E-state index contributed by atoms with van der Waals surface area (Å²) in [5.41, 5.74) is 12.4. The van der Waals surface area contributed by atoms with Gasteiger partial charge in [0, 0.05) is 12.6 Å². The summed E-state index contributed by atoms with van der Waals surface area (Å²) in [6.45, 7) is 7.33. The van der Waals surface area contributed by atoms with Crippen molar-refractivity contribution in [2.75, 3.05) is 7.05 Å². The van der Waals surface area contributed by atoms with Crippen molar-refractivity contribution < 1.29 is 13.6 Å². The van der Waals surface area contributed by atoms with Crippen molar-refractivity contribution in [3.63, 3.8) is 0 Å². The fourth-order valence-corrected chi connectivity index (χ4v) is 4.32. The Balaban J connectivity index is 0.000000222. The van der Waals surface area contributed by atoms with Gasteiger partial charge in [0.2, 0.25) is 5.91 Å². The highest BCUT2D eigenvalue weighted by Crippen LogP contribution is 2.40. The molecule has 5 heteroatoms. The number of carbonyl (C=O) groups excluding carboxylic acids is 1. The average Bonchev–Trinajstić information content (AvgIpc) is 3.61. The number of rotatable bonds is 4. The van der Waals surface area contributed by atoms with Gasteiger partial charge in [-0.05, 0) is 98.9 Å². The van der Waals surface area contributed by atoms with Gasteiger partial charge in [0.15, 0.2) is 0 Å². The number of hydrogen-bond acceptors (Lipinski definition) is 2. The van der Waals surface area contributed by atoms with Crippen molar-refractivity contribution in [3.05, 3.63) is 83.2 Å². The normalized spacial score (nSPS) is 22.4. The van der Waals surface area contributed by atoms with Crippen molar-refractivity contribution in [2.24, 2.45) is 11.7 Å². The molecule has 0 bridgehead atoms. The molecule has 1 saturated carbocycles. The summed E-state index contributed by atoms with van der Waals surface area (Å²) < 4.78 is 25.3. The molecule has 32 heavy (non-hydrogen) atoms. The van der Waals surface area contributed by atoms with Crippen LogP contribution in [0.5, 0.6) is 0 Å². The minimum atomic E-state index is -0.440. The number of nitrogens with zero attached hydrogens (tertiary/aromatic N) is 1. The first kappa shape index (κ1) is 23.9. The van der Waals surface area contributed by atoms with Crippen LogP contribution in [0.4, 0.5) is 8.78 Å². The Morgan fingerprint density at radius 2 is 2.06 bits per heavy atom. The predicted octanol–water partition coefficient (Wildman–Crippen LogP) is 5.70. The van der Waals surface area contributed by atoms with Gasteiger partial charge in [-0.2, -0.15) is 0 Å². The van der Waals surface area contributed by atoms with Gasteiger partial charge in [0.1, 0.15) is 11.6 Å². The van der Waals surface area contributed by atoms with Crippen LogP contribution in [0.2, 0.25) is 0 Å². The largest absolute Gasteiger partial charge is 0.335 e. The van der Waals surface area contributed by atoms with Crippen LogP contribution in [0.25, 0.3) is 5.57 Å². The molecule has 0 aromatic heterocycles. The highest BCUT2D eigenvalue weighted by Gasteiger charge is 2.43. The predicted molar refractivity (Wildman–Crippen MR) is 126 cm³/mol. The number of amides is 1. The molecule has 3 aliphatic carbocycles. The SMILES string of the molecule is C=C(C)c1cc(F)ccc1F.CN(C(=O)C(N)C1CC1)C1(C)CCCC2=C1C=CC=C=C2. The molecule has 1 amide bonds. The summed E-state index contributed by atoms with van der Waals surface area (Å²) in [6, 6.07) is 2.99. The second-order valence-corrected chi connectivity index (χ2v) is 9.07. The third-order valence-corrected chi connectivity index (χ3v) is 6.62. The topological polar surface area (TPSA) is 46.3 Å². The van der Waals surface area contributed by atoms with Crippen LogP contribution in [0.15, 0.2) is 66.0 Å². The minimum Gasteiger partial charge on any atom is -0.335 e. The standard InChI is InChI=1S/C18H24N2O.C9H8F2/c1-18(20(2)17(21)16(19)14-10-11-14)12-6-8-13-7-4-3-5-9-15(13)18;1-6(2)8-5-7(10)3-4-9(8)11/h3,5,7,9,14,16H,6,8,10-12,19H2,1-2H3;3-5H,1H2,2H3. The molecule has 0 heterocycles. The fraction of sp³-hybridized carbons (Fsp3) is 0.407. The number of halogens is 2. The van der Waals surface area contributed by atoms with E-state index in [0.717, 1.165) is 50.3 Å². The van der Waals surface area contributed by atoms with Crippen LogP contribution >= 0.6 is 0 Å². The maximum absolute atomic E-state index is 12.8. The van der Waals surface area contributed by atoms with Gasteiger partial charge in [-0.3, -0.25) is 4.79 Å². The van der Waals surface area contributed by atoms with Gasteiger partial charge >= 0.3 is 0 Å². The second-order valence-electron chi connectivity index (χ2n) is 9.07. The molecule has 3 nitrogen and oxygen atoms in total. The summed E-state index contributed by atoms with van der Waals surface area (Å²) in [7, 11) is 1.91. The van der Waals surface area contributed by atoms with Crippen molar-refractivity contribution in [1.82, 2.24) is 4.90 Å². The maximum atomic E-state index is 12.8. The van der Waals surface area contributed by atoms with Gasteiger partial charge in [-0.15, -0.1) is 5.73 Å². The zero-order valence-corrected chi connectivity index (χ0v) is 19.1. The lowest BCUT2D eigenvalue weighted by Crippen LogP contribution is -2.55. The highest BCUT2D eigenvalue weighted by molar-refractivity contribution is 5.83. The molecule has 0 spiro atoms. The van der Waals surface area contributed by atoms with E-state index in [9.17, 15) is 13.6 Å². The Hall–Kier alpha value is -2.75. The van der Waals surface area contributed by atoms with Gasteiger partial charge < -0.3 is 10.6 Å². The van der Waals surface area contributed by atoms with E-state index >= 15 is 0 Å². The van der Waals surface area contributed by atoms with Crippen molar-refractivity contribution in [1.29, 1.82) is 0 Å². The minimum absolute atomic E-state index is 0.0864. The van der Waals surface area contributed by atoms with E-state index < -0.39 is 11.6 Å². The third-order valence-electron chi connectivity index (χ3n) is 6.62. The summed E-state index contributed by atoms with van der Waals surface area (Å²) in [6.07, 6.45) is 13.5. The number of hydrogen-bond donors (Lipinski definition) is 1. The molecule has 0 aliphatic heterocycles. The molecule has 4 rings (SSSR count). The molecule has 1 aromatic rings. The molecule has 2 N–H and O–H groups in total. The lowest BCUT2D eigenvalue weighted by molar-refractivity contribution is -0.136. The van der Waals surface area contributed by atoms with Crippen LogP contribution in [-0.4, -0.2) is 29.4 Å². The molecule has 2 unspecified atom stereocenters. The first-order chi connectivity index (χ1) is 15.1. The lowest BCUT2D eigenvalue weighted by Gasteiger charge is -2.44. The molecule has 3 aliphatic rings. The molecular weight excluding hydrogens is 406 g/mol. The number of likely N-dealkylation sites (N-methyl/N-ethyl adjacent to an activating group) is 1. The van der Waals surface area contributed by atoms with Crippen LogP contribution < -0.4 is 5.73 Å². The second kappa shape index (κ2) is 9.81. The van der Waals surface area contributed by atoms with E-state index in [4.69, 9.17) is 5.73 Å². The van der Waals surface area contributed by atoms with Crippen LogP contribution in [0, 0.1) is 17.6 Å².